The molecule has 0 amide bonds. The fraction of sp³-hybridized carbons (Fsp3) is 0.240. The first kappa shape index (κ1) is 20.0. The van der Waals surface area contributed by atoms with Gasteiger partial charge in [0.1, 0.15) is 23.4 Å². The van der Waals surface area contributed by atoms with Crippen molar-refractivity contribution in [2.75, 3.05) is 13.7 Å². The molecule has 3 aromatic rings. The number of hydrogen-bond acceptors (Lipinski definition) is 5. The van der Waals surface area contributed by atoms with Gasteiger partial charge in [-0.05, 0) is 48.9 Å². The van der Waals surface area contributed by atoms with Gasteiger partial charge in [-0.25, -0.2) is 0 Å². The summed E-state index contributed by atoms with van der Waals surface area (Å²) < 4.78 is 11.1. The summed E-state index contributed by atoms with van der Waals surface area (Å²) in [5.74, 6) is 1.90. The first-order valence-electron chi connectivity index (χ1n) is 10.2. The summed E-state index contributed by atoms with van der Waals surface area (Å²) in [5, 5.41) is 14.1. The summed E-state index contributed by atoms with van der Waals surface area (Å²) in [7, 11) is 1.66. The molecule has 0 aliphatic carbocycles. The van der Waals surface area contributed by atoms with Gasteiger partial charge in [0.25, 0.3) is 0 Å². The van der Waals surface area contributed by atoms with Gasteiger partial charge < -0.3 is 14.6 Å². The second-order valence-corrected chi connectivity index (χ2v) is 7.16. The Morgan fingerprint density at radius 1 is 0.967 bits per heavy atom. The lowest BCUT2D eigenvalue weighted by Crippen LogP contribution is -2.33. The van der Waals surface area contributed by atoms with E-state index >= 15 is 0 Å². The molecule has 0 aromatic heterocycles. The molecule has 1 aliphatic heterocycles. The number of methoxy groups -OCH3 is 1. The highest BCUT2D eigenvalue weighted by Gasteiger charge is 2.29. The Morgan fingerprint density at radius 3 is 2.37 bits per heavy atom. The van der Waals surface area contributed by atoms with Crippen LogP contribution in [0, 0.1) is 0 Å². The molecule has 1 heterocycles. The third kappa shape index (κ3) is 4.16. The van der Waals surface area contributed by atoms with Crippen LogP contribution >= 0.6 is 0 Å². The number of para-hydroxylation sites is 2. The Morgan fingerprint density at radius 2 is 1.67 bits per heavy atom. The van der Waals surface area contributed by atoms with Crippen molar-refractivity contribution in [1.29, 1.82) is 0 Å². The van der Waals surface area contributed by atoms with E-state index < -0.39 is 0 Å². The van der Waals surface area contributed by atoms with Gasteiger partial charge in [0.05, 0.1) is 13.7 Å². The van der Waals surface area contributed by atoms with Crippen LogP contribution < -0.4 is 14.8 Å². The highest BCUT2D eigenvalue weighted by molar-refractivity contribution is 6.01. The molecule has 4 rings (SSSR count). The van der Waals surface area contributed by atoms with Crippen molar-refractivity contribution in [3.63, 3.8) is 0 Å². The van der Waals surface area contributed by atoms with Crippen LogP contribution in [-0.4, -0.2) is 24.5 Å². The second-order valence-electron chi connectivity index (χ2n) is 7.16. The Bertz CT molecular complexity index is 1030. The Balaban J connectivity index is 1.76. The van der Waals surface area contributed by atoms with Crippen LogP contribution in [0.5, 0.6) is 17.2 Å². The van der Waals surface area contributed by atoms with Crippen LogP contribution in [0.4, 0.5) is 0 Å². The molecule has 0 fully saturated rings. The molecule has 5 nitrogen and oxygen atoms in total. The number of phenolic OH excluding ortho intramolecular Hbond substituents is 1. The number of benzene rings is 3. The monoisotopic (exact) mass is 402 g/mol. The van der Waals surface area contributed by atoms with Gasteiger partial charge in [-0.3, -0.25) is 10.3 Å². The summed E-state index contributed by atoms with van der Waals surface area (Å²) in [4.78, 5) is 5.03. The van der Waals surface area contributed by atoms with Crippen LogP contribution in [0.1, 0.15) is 42.2 Å². The van der Waals surface area contributed by atoms with E-state index in [1.54, 1.807) is 13.2 Å². The number of rotatable bonds is 6. The average molecular weight is 402 g/mol. The minimum absolute atomic E-state index is 0.0829. The normalized spacial score (nSPS) is 18.5. The minimum Gasteiger partial charge on any atom is -0.508 e. The summed E-state index contributed by atoms with van der Waals surface area (Å²) in [6.45, 7) is 2.56. The molecule has 154 valence electrons. The zero-order chi connectivity index (χ0) is 20.9. The first-order chi connectivity index (χ1) is 14.7. The molecule has 0 bridgehead atoms. The van der Waals surface area contributed by atoms with Gasteiger partial charge >= 0.3 is 0 Å². The number of phenols is 1. The van der Waals surface area contributed by atoms with E-state index in [2.05, 4.69) is 5.32 Å². The van der Waals surface area contributed by atoms with Crippen molar-refractivity contribution in [1.82, 2.24) is 5.32 Å². The molecule has 30 heavy (non-hydrogen) atoms. The SMILES string of the molecule is CCOc1ccccc1[C@H]1N=C(c2ccc(OC)cc2)C[C@H](c2ccccc2O)N1. The molecule has 0 radical (unpaired) electrons. The zero-order valence-electron chi connectivity index (χ0n) is 17.2. The van der Waals surface area contributed by atoms with Crippen LogP contribution in [0.15, 0.2) is 77.8 Å². The lowest BCUT2D eigenvalue weighted by Gasteiger charge is -2.31. The van der Waals surface area contributed by atoms with Crippen molar-refractivity contribution in [3.8, 4) is 17.2 Å². The van der Waals surface area contributed by atoms with Gasteiger partial charge in [0, 0.05) is 29.3 Å². The van der Waals surface area contributed by atoms with Crippen LogP contribution in [0.25, 0.3) is 0 Å². The number of ether oxygens (including phenoxy) is 2. The Hall–Kier alpha value is -3.31. The smallest absolute Gasteiger partial charge is 0.129 e. The predicted molar refractivity (Wildman–Crippen MR) is 118 cm³/mol. The van der Waals surface area contributed by atoms with Gasteiger partial charge in [-0.1, -0.05) is 36.4 Å². The lowest BCUT2D eigenvalue weighted by atomic mass is 9.93. The Kier molecular flexibility index (Phi) is 6.00. The van der Waals surface area contributed by atoms with Crippen LogP contribution in [0.3, 0.4) is 0 Å². The van der Waals surface area contributed by atoms with Crippen molar-refractivity contribution in [3.05, 3.63) is 89.5 Å². The Labute approximate surface area is 177 Å². The molecule has 0 saturated heterocycles. The second kappa shape index (κ2) is 9.01. The van der Waals surface area contributed by atoms with E-state index in [1.807, 2.05) is 73.7 Å². The van der Waals surface area contributed by atoms with E-state index in [9.17, 15) is 5.11 Å². The summed E-state index contributed by atoms with van der Waals surface area (Å²) in [6.07, 6.45) is 0.375. The van der Waals surface area contributed by atoms with Crippen molar-refractivity contribution in [2.45, 2.75) is 25.6 Å². The van der Waals surface area contributed by atoms with E-state index in [4.69, 9.17) is 14.5 Å². The summed E-state index contributed by atoms with van der Waals surface area (Å²) in [5.41, 5.74) is 3.85. The third-order valence-corrected chi connectivity index (χ3v) is 5.29. The quantitative estimate of drug-likeness (QED) is 0.608. The van der Waals surface area contributed by atoms with Crippen LogP contribution in [-0.2, 0) is 0 Å². The predicted octanol–water partition coefficient (Wildman–Crippen LogP) is 5.02. The van der Waals surface area contributed by atoms with Gasteiger partial charge in [0.15, 0.2) is 0 Å². The maximum absolute atomic E-state index is 10.5. The number of aliphatic imine (C=N–C) groups is 1. The standard InChI is InChI=1S/C25H26N2O3/c1-3-30-24-11-7-5-9-20(24)25-26-21(17-12-14-18(29-2)15-13-17)16-22(27-25)19-8-4-6-10-23(19)28/h4-15,22,25,27-28H,3,16H2,1-2H3/t22-,25+/m1/s1. The summed E-state index contributed by atoms with van der Waals surface area (Å²) in [6, 6.07) is 23.3. The molecule has 3 aromatic carbocycles. The fourth-order valence-corrected chi connectivity index (χ4v) is 3.80. The summed E-state index contributed by atoms with van der Waals surface area (Å²) >= 11 is 0. The molecule has 5 heteroatoms. The molecule has 1 aliphatic rings. The highest BCUT2D eigenvalue weighted by atomic mass is 16.5. The van der Waals surface area contributed by atoms with Gasteiger partial charge in [0.2, 0.25) is 0 Å². The van der Waals surface area contributed by atoms with Gasteiger partial charge in [-0.15, -0.1) is 0 Å². The number of hydrogen-bond donors (Lipinski definition) is 2. The first-order valence-corrected chi connectivity index (χ1v) is 10.2. The molecule has 2 N–H and O–H groups in total. The largest absolute Gasteiger partial charge is 0.508 e. The van der Waals surface area contributed by atoms with Crippen LogP contribution in [0.2, 0.25) is 0 Å². The average Bonchev–Trinajstić information content (AvgIpc) is 2.80. The molecular weight excluding hydrogens is 376 g/mol. The van der Waals surface area contributed by atoms with Gasteiger partial charge in [-0.2, -0.15) is 0 Å². The number of nitrogens with one attached hydrogen (secondary N) is 1. The van der Waals surface area contributed by atoms with Crippen molar-refractivity contribution < 1.29 is 14.6 Å². The molecule has 0 saturated carbocycles. The van der Waals surface area contributed by atoms with E-state index in [0.29, 0.717) is 13.0 Å². The molecule has 0 unspecified atom stereocenters. The maximum Gasteiger partial charge on any atom is 0.129 e. The molecular formula is C25H26N2O3. The number of aromatic hydroxyl groups is 1. The fourth-order valence-electron chi connectivity index (χ4n) is 3.80. The van der Waals surface area contributed by atoms with E-state index in [0.717, 1.165) is 33.9 Å². The van der Waals surface area contributed by atoms with Crippen molar-refractivity contribution in [2.24, 2.45) is 4.99 Å². The number of nitrogens with zero attached hydrogens (tertiary/aromatic N) is 1. The molecule has 2 atom stereocenters. The lowest BCUT2D eigenvalue weighted by molar-refractivity contribution is 0.327. The zero-order valence-corrected chi connectivity index (χ0v) is 17.2. The highest BCUT2D eigenvalue weighted by Crippen LogP contribution is 2.36. The molecule has 0 spiro atoms. The third-order valence-electron chi connectivity index (χ3n) is 5.29. The minimum atomic E-state index is -0.289. The van der Waals surface area contributed by atoms with Crippen molar-refractivity contribution >= 4 is 5.71 Å². The van der Waals surface area contributed by atoms with E-state index in [-0.39, 0.29) is 18.0 Å². The van der Waals surface area contributed by atoms with E-state index in [1.165, 1.54) is 0 Å². The maximum atomic E-state index is 10.5. The topological polar surface area (TPSA) is 63.1 Å².